The number of guanidine groups is 1. The van der Waals surface area contributed by atoms with E-state index in [1.165, 1.54) is 44.9 Å². The smallest absolute Gasteiger partial charge is 0.191 e. The number of nitrogens with one attached hydrogen (secondary N) is 2. The lowest BCUT2D eigenvalue weighted by Gasteiger charge is -2.21. The maximum Gasteiger partial charge on any atom is 0.191 e. The molecule has 0 atom stereocenters. The number of nitrogens with zero attached hydrogens (tertiary/aromatic N) is 4. The molecule has 6 nitrogen and oxygen atoms in total. The Hall–Kier alpha value is -0.860. The lowest BCUT2D eigenvalue weighted by Crippen LogP contribution is -2.38. The van der Waals surface area contributed by atoms with Gasteiger partial charge in [0, 0.05) is 20.6 Å². The largest absolute Gasteiger partial charge is 0.356 e. The third-order valence-corrected chi connectivity index (χ3v) is 4.63. The van der Waals surface area contributed by atoms with Crippen molar-refractivity contribution in [1.82, 2.24) is 25.4 Å². The normalized spacial score (nSPS) is 16.0. The molecule has 1 saturated carbocycles. The lowest BCUT2D eigenvalue weighted by molar-refractivity contribution is 0.332. The van der Waals surface area contributed by atoms with Crippen LogP contribution in [0.15, 0.2) is 4.99 Å². The molecule has 7 heteroatoms. The van der Waals surface area contributed by atoms with Gasteiger partial charge in [0.25, 0.3) is 0 Å². The highest BCUT2D eigenvalue weighted by Gasteiger charge is 2.12. The molecule has 0 radical (unpaired) electrons. The van der Waals surface area contributed by atoms with Gasteiger partial charge in [0.15, 0.2) is 11.8 Å². The van der Waals surface area contributed by atoms with E-state index in [1.54, 1.807) is 7.05 Å². The number of rotatable bonds is 6. The number of hydrogen-bond acceptors (Lipinski definition) is 3. The van der Waals surface area contributed by atoms with E-state index in [-0.39, 0.29) is 24.0 Å². The summed E-state index contributed by atoms with van der Waals surface area (Å²) >= 11 is 0. The van der Waals surface area contributed by atoms with Crippen molar-refractivity contribution in [3.05, 3.63) is 11.6 Å². The average Bonchev–Trinajstić information content (AvgIpc) is 2.87. The molecule has 2 N–H and O–H groups in total. The molecule has 2 rings (SSSR count). The van der Waals surface area contributed by atoms with Crippen LogP contribution < -0.4 is 10.6 Å². The molecule has 0 aromatic carbocycles. The fraction of sp³-hybridized carbons (Fsp3) is 0.812. The summed E-state index contributed by atoms with van der Waals surface area (Å²) in [6.45, 7) is 3.57. The number of aromatic nitrogens is 3. The Morgan fingerprint density at radius 2 is 1.96 bits per heavy atom. The summed E-state index contributed by atoms with van der Waals surface area (Å²) in [6, 6.07) is 0. The van der Waals surface area contributed by atoms with Crippen LogP contribution in [0.4, 0.5) is 0 Å². The summed E-state index contributed by atoms with van der Waals surface area (Å²) in [5.41, 5.74) is 0. The highest BCUT2D eigenvalue weighted by molar-refractivity contribution is 14.0. The summed E-state index contributed by atoms with van der Waals surface area (Å²) in [5.74, 6) is 3.63. The van der Waals surface area contributed by atoms with E-state index in [4.69, 9.17) is 0 Å². The monoisotopic (exact) mass is 434 g/mol. The van der Waals surface area contributed by atoms with Gasteiger partial charge in [-0.1, -0.05) is 32.1 Å². The first-order chi connectivity index (χ1) is 10.7. The van der Waals surface area contributed by atoms with Crippen molar-refractivity contribution in [3.63, 3.8) is 0 Å². The van der Waals surface area contributed by atoms with Gasteiger partial charge in [-0.05, 0) is 25.7 Å². The highest BCUT2D eigenvalue weighted by atomic mass is 127. The molecular weight excluding hydrogens is 403 g/mol. The Morgan fingerprint density at radius 1 is 1.22 bits per heavy atom. The fourth-order valence-corrected chi connectivity index (χ4v) is 3.06. The van der Waals surface area contributed by atoms with Gasteiger partial charge in [0.2, 0.25) is 0 Å². The van der Waals surface area contributed by atoms with Crippen molar-refractivity contribution in [3.8, 4) is 0 Å². The van der Waals surface area contributed by atoms with Gasteiger partial charge in [-0.3, -0.25) is 4.99 Å². The van der Waals surface area contributed by atoms with E-state index >= 15 is 0 Å². The minimum atomic E-state index is 0. The standard InChI is InChI=1S/C16H30N6.HI/c1-13-20-21-15(22(13)3)12-19-16(17-2)18-11-7-10-14-8-5-4-6-9-14;/h14H,4-12H2,1-3H3,(H2,17,18,19);1H. The van der Waals surface area contributed by atoms with Crippen LogP contribution >= 0.6 is 24.0 Å². The van der Waals surface area contributed by atoms with Gasteiger partial charge < -0.3 is 15.2 Å². The maximum absolute atomic E-state index is 4.26. The van der Waals surface area contributed by atoms with E-state index in [0.717, 1.165) is 30.1 Å². The second kappa shape index (κ2) is 10.8. The van der Waals surface area contributed by atoms with E-state index in [9.17, 15) is 0 Å². The third kappa shape index (κ3) is 6.64. The number of halogens is 1. The van der Waals surface area contributed by atoms with Crippen LogP contribution in [0.5, 0.6) is 0 Å². The first kappa shape index (κ1) is 20.2. The second-order valence-electron chi connectivity index (χ2n) is 6.22. The molecule has 1 aromatic heterocycles. The SMILES string of the molecule is CN=C(NCCCC1CCCCC1)NCc1nnc(C)n1C.I. The third-order valence-electron chi connectivity index (χ3n) is 4.63. The van der Waals surface area contributed by atoms with Crippen molar-refractivity contribution < 1.29 is 0 Å². The zero-order valence-electron chi connectivity index (χ0n) is 14.6. The molecule has 1 heterocycles. The van der Waals surface area contributed by atoms with E-state index < -0.39 is 0 Å². The summed E-state index contributed by atoms with van der Waals surface area (Å²) in [7, 11) is 3.78. The topological polar surface area (TPSA) is 67.1 Å². The Bertz CT molecular complexity index is 479. The molecule has 0 aliphatic heterocycles. The van der Waals surface area contributed by atoms with Crippen molar-refractivity contribution in [2.45, 2.75) is 58.4 Å². The van der Waals surface area contributed by atoms with Crippen LogP contribution in [0.1, 0.15) is 56.6 Å². The minimum absolute atomic E-state index is 0. The Morgan fingerprint density at radius 3 is 2.57 bits per heavy atom. The average molecular weight is 434 g/mol. The number of hydrogen-bond donors (Lipinski definition) is 2. The van der Waals surface area contributed by atoms with Gasteiger partial charge in [-0.15, -0.1) is 34.2 Å². The lowest BCUT2D eigenvalue weighted by atomic mass is 9.86. The van der Waals surface area contributed by atoms with E-state index in [1.807, 2.05) is 18.5 Å². The van der Waals surface area contributed by atoms with Gasteiger partial charge in [0.1, 0.15) is 5.82 Å². The van der Waals surface area contributed by atoms with Crippen molar-refractivity contribution >= 4 is 29.9 Å². The van der Waals surface area contributed by atoms with Crippen molar-refractivity contribution in [2.24, 2.45) is 18.0 Å². The molecule has 1 aromatic rings. The Balaban J connectivity index is 0.00000264. The Kier molecular flexibility index (Phi) is 9.50. The molecule has 1 aliphatic rings. The quantitative estimate of drug-likeness (QED) is 0.313. The molecule has 0 unspecified atom stereocenters. The maximum atomic E-state index is 4.26. The van der Waals surface area contributed by atoms with Crippen molar-refractivity contribution in [1.29, 1.82) is 0 Å². The first-order valence-electron chi connectivity index (χ1n) is 8.50. The molecular formula is C16H31IN6. The van der Waals surface area contributed by atoms with Crippen LogP contribution in [0.3, 0.4) is 0 Å². The second-order valence-corrected chi connectivity index (χ2v) is 6.22. The number of aliphatic imine (C=N–C) groups is 1. The van der Waals surface area contributed by atoms with Crippen LogP contribution in [-0.4, -0.2) is 34.3 Å². The molecule has 0 saturated heterocycles. The fourth-order valence-electron chi connectivity index (χ4n) is 3.06. The summed E-state index contributed by atoms with van der Waals surface area (Å²) in [6.07, 6.45) is 9.71. The molecule has 23 heavy (non-hydrogen) atoms. The molecule has 132 valence electrons. The Labute approximate surface area is 157 Å². The van der Waals surface area contributed by atoms with E-state index in [0.29, 0.717) is 6.54 Å². The van der Waals surface area contributed by atoms with Gasteiger partial charge in [0.05, 0.1) is 6.54 Å². The molecule has 1 aliphatic carbocycles. The molecule has 0 bridgehead atoms. The zero-order valence-corrected chi connectivity index (χ0v) is 17.0. The van der Waals surface area contributed by atoms with Gasteiger partial charge >= 0.3 is 0 Å². The van der Waals surface area contributed by atoms with Crippen LogP contribution in [0, 0.1) is 12.8 Å². The molecule has 1 fully saturated rings. The predicted octanol–water partition coefficient (Wildman–Crippen LogP) is 2.77. The number of aryl methyl sites for hydroxylation is 1. The van der Waals surface area contributed by atoms with E-state index in [2.05, 4.69) is 25.8 Å². The van der Waals surface area contributed by atoms with Gasteiger partial charge in [-0.25, -0.2) is 0 Å². The zero-order chi connectivity index (χ0) is 15.8. The first-order valence-corrected chi connectivity index (χ1v) is 8.50. The predicted molar refractivity (Wildman–Crippen MR) is 105 cm³/mol. The highest BCUT2D eigenvalue weighted by Crippen LogP contribution is 2.26. The van der Waals surface area contributed by atoms with Crippen molar-refractivity contribution in [2.75, 3.05) is 13.6 Å². The summed E-state index contributed by atoms with van der Waals surface area (Å²) in [5, 5.41) is 14.9. The van der Waals surface area contributed by atoms with Crippen LogP contribution in [0.25, 0.3) is 0 Å². The molecule has 0 amide bonds. The van der Waals surface area contributed by atoms with Crippen LogP contribution in [0.2, 0.25) is 0 Å². The minimum Gasteiger partial charge on any atom is -0.356 e. The van der Waals surface area contributed by atoms with Gasteiger partial charge in [-0.2, -0.15) is 0 Å². The summed E-state index contributed by atoms with van der Waals surface area (Å²) in [4.78, 5) is 4.26. The summed E-state index contributed by atoms with van der Waals surface area (Å²) < 4.78 is 1.99. The molecule has 0 spiro atoms. The van der Waals surface area contributed by atoms with Crippen LogP contribution in [-0.2, 0) is 13.6 Å².